The van der Waals surface area contributed by atoms with Crippen LogP contribution in [0.2, 0.25) is 5.02 Å². The predicted molar refractivity (Wildman–Crippen MR) is 72.8 cm³/mol. The molecule has 0 spiro atoms. The van der Waals surface area contributed by atoms with Gasteiger partial charge in [-0.1, -0.05) is 37.8 Å². The number of carbonyl (C=O) groups is 1. The molecule has 1 fully saturated rings. The molecule has 1 amide bonds. The van der Waals surface area contributed by atoms with Crippen LogP contribution in [-0.4, -0.2) is 16.9 Å². The molecule has 0 radical (unpaired) electrons. The van der Waals surface area contributed by atoms with Crippen molar-refractivity contribution in [1.29, 1.82) is 0 Å². The van der Waals surface area contributed by atoms with Crippen LogP contribution in [-0.2, 0) is 0 Å². The average Bonchev–Trinajstić information content (AvgIpc) is 2.39. The Labute approximate surface area is 113 Å². The summed E-state index contributed by atoms with van der Waals surface area (Å²) in [5.41, 5.74) is 0.519. The summed E-state index contributed by atoms with van der Waals surface area (Å²) in [6.07, 6.45) is 8.95. The second-order valence-corrected chi connectivity index (χ2v) is 5.37. The number of nitrogens with zero attached hydrogens (tertiary/aromatic N) is 1. The predicted octanol–water partition coefficient (Wildman–Crippen LogP) is 3.43. The lowest BCUT2D eigenvalue weighted by Crippen LogP contribution is -2.38. The van der Waals surface area contributed by atoms with Crippen LogP contribution < -0.4 is 5.32 Å². The van der Waals surface area contributed by atoms with Crippen LogP contribution >= 0.6 is 11.6 Å². The number of pyridine rings is 1. The van der Waals surface area contributed by atoms with E-state index >= 15 is 0 Å². The lowest BCUT2D eigenvalue weighted by Gasteiger charge is -2.29. The summed E-state index contributed by atoms with van der Waals surface area (Å²) in [5.74, 6) is 0.668. The number of hydrogen-bond acceptors (Lipinski definition) is 2. The van der Waals surface area contributed by atoms with Crippen molar-refractivity contribution in [3.63, 3.8) is 0 Å². The van der Waals surface area contributed by atoms with Gasteiger partial charge < -0.3 is 5.32 Å². The fourth-order valence-corrected chi connectivity index (χ4v) is 2.82. The van der Waals surface area contributed by atoms with Gasteiger partial charge in [0.1, 0.15) is 0 Å². The maximum atomic E-state index is 12.1. The third-order valence-electron chi connectivity index (χ3n) is 3.71. The molecule has 0 bridgehead atoms. The molecule has 0 aliphatic heterocycles. The van der Waals surface area contributed by atoms with E-state index in [9.17, 15) is 4.79 Å². The fraction of sp³-hybridized carbons (Fsp3) is 0.571. The molecular weight excluding hydrogens is 248 g/mol. The molecule has 1 aliphatic rings. The maximum Gasteiger partial charge on any atom is 0.253 e. The van der Waals surface area contributed by atoms with Crippen molar-refractivity contribution in [3.8, 4) is 0 Å². The van der Waals surface area contributed by atoms with E-state index in [1.807, 2.05) is 0 Å². The zero-order valence-electron chi connectivity index (χ0n) is 10.7. The molecular formula is C14H19ClN2O. The van der Waals surface area contributed by atoms with Crippen LogP contribution in [0.1, 0.15) is 49.4 Å². The molecule has 18 heavy (non-hydrogen) atoms. The van der Waals surface area contributed by atoms with Crippen LogP contribution in [0, 0.1) is 5.92 Å². The number of halogens is 1. The third-order valence-corrected chi connectivity index (χ3v) is 4.01. The number of aromatic nitrogens is 1. The van der Waals surface area contributed by atoms with Gasteiger partial charge in [0, 0.05) is 18.4 Å². The Morgan fingerprint density at radius 3 is 3.11 bits per heavy atom. The number of amides is 1. The first-order chi connectivity index (χ1) is 8.70. The lowest BCUT2D eigenvalue weighted by atomic mass is 9.84. The van der Waals surface area contributed by atoms with Crippen molar-refractivity contribution in [2.75, 3.05) is 0 Å². The summed E-state index contributed by atoms with van der Waals surface area (Å²) in [4.78, 5) is 16.0. The first-order valence-corrected chi connectivity index (χ1v) is 6.99. The molecule has 1 aliphatic carbocycles. The SMILES string of the molecule is CCC1CCCC(NC(=O)c2ccncc2Cl)C1. The van der Waals surface area contributed by atoms with Crippen molar-refractivity contribution in [1.82, 2.24) is 10.3 Å². The average molecular weight is 267 g/mol. The summed E-state index contributed by atoms with van der Waals surface area (Å²) in [5, 5.41) is 3.50. The first kappa shape index (κ1) is 13.3. The minimum Gasteiger partial charge on any atom is -0.349 e. The van der Waals surface area contributed by atoms with Gasteiger partial charge in [-0.05, 0) is 24.8 Å². The highest BCUT2D eigenvalue weighted by Gasteiger charge is 2.23. The normalized spacial score (nSPS) is 23.7. The third kappa shape index (κ3) is 3.22. The highest BCUT2D eigenvalue weighted by atomic mass is 35.5. The fourth-order valence-electron chi connectivity index (χ4n) is 2.62. The van der Waals surface area contributed by atoms with Crippen molar-refractivity contribution in [2.24, 2.45) is 5.92 Å². The summed E-state index contributed by atoms with van der Waals surface area (Å²) in [6, 6.07) is 1.96. The summed E-state index contributed by atoms with van der Waals surface area (Å²) in [7, 11) is 0. The minimum atomic E-state index is -0.0795. The molecule has 1 N–H and O–H groups in total. The van der Waals surface area contributed by atoms with E-state index in [0.29, 0.717) is 16.6 Å². The number of carbonyl (C=O) groups excluding carboxylic acids is 1. The zero-order chi connectivity index (χ0) is 13.0. The lowest BCUT2D eigenvalue weighted by molar-refractivity contribution is 0.0919. The van der Waals surface area contributed by atoms with E-state index in [1.165, 1.54) is 25.5 Å². The van der Waals surface area contributed by atoms with Crippen LogP contribution in [0.4, 0.5) is 0 Å². The molecule has 98 valence electrons. The number of rotatable bonds is 3. The van der Waals surface area contributed by atoms with Crippen LogP contribution in [0.3, 0.4) is 0 Å². The molecule has 0 aromatic carbocycles. The molecule has 1 aromatic heterocycles. The monoisotopic (exact) mass is 266 g/mol. The van der Waals surface area contributed by atoms with Gasteiger partial charge in [0.25, 0.3) is 5.91 Å². The van der Waals surface area contributed by atoms with Gasteiger partial charge in [-0.25, -0.2) is 0 Å². The molecule has 4 heteroatoms. The Kier molecular flexibility index (Phi) is 4.59. The van der Waals surface area contributed by atoms with E-state index in [4.69, 9.17) is 11.6 Å². The molecule has 1 heterocycles. The van der Waals surface area contributed by atoms with E-state index < -0.39 is 0 Å². The molecule has 1 aromatic rings. The molecule has 2 atom stereocenters. The topological polar surface area (TPSA) is 42.0 Å². The van der Waals surface area contributed by atoms with E-state index in [-0.39, 0.29) is 5.91 Å². The zero-order valence-corrected chi connectivity index (χ0v) is 11.4. The van der Waals surface area contributed by atoms with Crippen molar-refractivity contribution in [2.45, 2.75) is 45.1 Å². The van der Waals surface area contributed by atoms with Crippen molar-refractivity contribution < 1.29 is 4.79 Å². The second-order valence-electron chi connectivity index (χ2n) is 4.97. The Bertz CT molecular complexity index is 422. The van der Waals surface area contributed by atoms with E-state index in [2.05, 4.69) is 17.2 Å². The Hall–Kier alpha value is -1.09. The van der Waals surface area contributed by atoms with E-state index in [1.54, 1.807) is 12.3 Å². The smallest absolute Gasteiger partial charge is 0.253 e. The molecule has 2 rings (SSSR count). The molecule has 0 saturated heterocycles. The highest BCUT2D eigenvalue weighted by Crippen LogP contribution is 2.27. The molecule has 2 unspecified atom stereocenters. The second kappa shape index (κ2) is 6.19. The minimum absolute atomic E-state index is 0.0795. The van der Waals surface area contributed by atoms with Crippen LogP contribution in [0.15, 0.2) is 18.5 Å². The Balaban J connectivity index is 1.97. The summed E-state index contributed by atoms with van der Waals surface area (Å²) in [6.45, 7) is 2.22. The first-order valence-electron chi connectivity index (χ1n) is 6.61. The number of nitrogens with one attached hydrogen (secondary N) is 1. The van der Waals surface area contributed by atoms with Gasteiger partial charge in [0.15, 0.2) is 0 Å². The van der Waals surface area contributed by atoms with Gasteiger partial charge in [0.05, 0.1) is 10.6 Å². The van der Waals surface area contributed by atoms with Gasteiger partial charge in [-0.15, -0.1) is 0 Å². The highest BCUT2D eigenvalue weighted by molar-refractivity contribution is 6.33. The van der Waals surface area contributed by atoms with Crippen molar-refractivity contribution in [3.05, 3.63) is 29.0 Å². The van der Waals surface area contributed by atoms with Gasteiger partial charge in [0.2, 0.25) is 0 Å². The summed E-state index contributed by atoms with van der Waals surface area (Å²) < 4.78 is 0. The Morgan fingerprint density at radius 2 is 2.39 bits per heavy atom. The molecule has 3 nitrogen and oxygen atoms in total. The number of hydrogen-bond donors (Lipinski definition) is 1. The summed E-state index contributed by atoms with van der Waals surface area (Å²) >= 11 is 5.97. The van der Waals surface area contributed by atoms with Gasteiger partial charge in [-0.2, -0.15) is 0 Å². The van der Waals surface area contributed by atoms with Crippen LogP contribution in [0.5, 0.6) is 0 Å². The largest absolute Gasteiger partial charge is 0.349 e. The van der Waals surface area contributed by atoms with Gasteiger partial charge >= 0.3 is 0 Å². The van der Waals surface area contributed by atoms with Crippen molar-refractivity contribution >= 4 is 17.5 Å². The molecule has 1 saturated carbocycles. The maximum absolute atomic E-state index is 12.1. The standard InChI is InChI=1S/C14H19ClN2O/c1-2-10-4-3-5-11(8-10)17-14(18)12-6-7-16-9-13(12)15/h6-7,9-11H,2-5,8H2,1H3,(H,17,18). The van der Waals surface area contributed by atoms with E-state index in [0.717, 1.165) is 18.8 Å². The van der Waals surface area contributed by atoms with Crippen LogP contribution in [0.25, 0.3) is 0 Å². The quantitative estimate of drug-likeness (QED) is 0.911. The van der Waals surface area contributed by atoms with Gasteiger partial charge in [-0.3, -0.25) is 9.78 Å². The Morgan fingerprint density at radius 1 is 1.56 bits per heavy atom.